The number of aryl methyl sites for hydroxylation is 2. The molecule has 1 amide bonds. The van der Waals surface area contributed by atoms with E-state index in [4.69, 9.17) is 0 Å². The molecule has 25 heavy (non-hydrogen) atoms. The zero-order chi connectivity index (χ0) is 18.6. The van der Waals surface area contributed by atoms with Crippen LogP contribution in [0.15, 0.2) is 53.4 Å². The summed E-state index contributed by atoms with van der Waals surface area (Å²) in [6.45, 7) is 4.04. The summed E-state index contributed by atoms with van der Waals surface area (Å²) in [7, 11) is -0.592. The zero-order valence-electron chi connectivity index (χ0n) is 15.1. The van der Waals surface area contributed by atoms with E-state index in [1.54, 1.807) is 25.2 Å². The fraction of sp³-hybridized carbons (Fsp3) is 0.316. The molecule has 0 unspecified atom stereocenters. The maximum absolute atomic E-state index is 12.7. The van der Waals surface area contributed by atoms with Gasteiger partial charge in [0.05, 0.1) is 11.4 Å². The van der Waals surface area contributed by atoms with Crippen molar-refractivity contribution < 1.29 is 13.2 Å². The van der Waals surface area contributed by atoms with E-state index in [1.807, 2.05) is 44.2 Å². The Morgan fingerprint density at radius 3 is 2.20 bits per heavy atom. The van der Waals surface area contributed by atoms with E-state index in [0.29, 0.717) is 6.54 Å². The largest absolute Gasteiger partial charge is 0.340 e. The highest BCUT2D eigenvalue weighted by molar-refractivity contribution is 7.89. The Kier molecular flexibility index (Phi) is 5.98. The summed E-state index contributed by atoms with van der Waals surface area (Å²) in [5.41, 5.74) is 2.93. The number of carbonyl (C=O) groups excluding carboxylic acids is 1. The van der Waals surface area contributed by atoms with Gasteiger partial charge < -0.3 is 4.90 Å². The molecule has 0 aliphatic rings. The summed E-state index contributed by atoms with van der Waals surface area (Å²) in [6, 6.07) is 14.6. The second kappa shape index (κ2) is 7.80. The monoisotopic (exact) mass is 360 g/mol. The molecule has 0 aromatic heterocycles. The van der Waals surface area contributed by atoms with E-state index in [-0.39, 0.29) is 17.3 Å². The van der Waals surface area contributed by atoms with Crippen molar-refractivity contribution in [1.82, 2.24) is 9.21 Å². The summed E-state index contributed by atoms with van der Waals surface area (Å²) in [6.07, 6.45) is 0. The lowest BCUT2D eigenvalue weighted by Crippen LogP contribution is -2.39. The smallest absolute Gasteiger partial charge is 0.243 e. The van der Waals surface area contributed by atoms with Crippen molar-refractivity contribution >= 4 is 15.9 Å². The van der Waals surface area contributed by atoms with Gasteiger partial charge in [0.15, 0.2) is 0 Å². The van der Waals surface area contributed by atoms with Crippen LogP contribution >= 0.6 is 0 Å². The van der Waals surface area contributed by atoms with Gasteiger partial charge in [-0.25, -0.2) is 8.42 Å². The molecule has 0 saturated carbocycles. The number of hydrogen-bond acceptors (Lipinski definition) is 3. The number of likely N-dealkylation sites (N-methyl/N-ethyl adjacent to an activating group) is 2. The van der Waals surface area contributed by atoms with Gasteiger partial charge in [-0.05, 0) is 42.7 Å². The van der Waals surface area contributed by atoms with Gasteiger partial charge in [-0.1, -0.05) is 36.4 Å². The molecule has 0 aliphatic heterocycles. The Labute approximate surface area is 149 Å². The van der Waals surface area contributed by atoms with Gasteiger partial charge in [-0.15, -0.1) is 0 Å². The third-order valence-corrected chi connectivity index (χ3v) is 6.03. The van der Waals surface area contributed by atoms with Crippen LogP contribution in [-0.4, -0.2) is 44.2 Å². The van der Waals surface area contributed by atoms with Gasteiger partial charge in [0.25, 0.3) is 0 Å². The van der Waals surface area contributed by atoms with E-state index in [9.17, 15) is 13.2 Å². The first-order valence-electron chi connectivity index (χ1n) is 8.03. The highest BCUT2D eigenvalue weighted by Crippen LogP contribution is 2.18. The molecule has 2 aromatic rings. The van der Waals surface area contributed by atoms with E-state index in [2.05, 4.69) is 0 Å². The van der Waals surface area contributed by atoms with Crippen LogP contribution in [0.5, 0.6) is 0 Å². The van der Waals surface area contributed by atoms with E-state index < -0.39 is 10.0 Å². The molecular weight excluding hydrogens is 336 g/mol. The third kappa shape index (κ3) is 4.67. The molecule has 0 saturated heterocycles. The van der Waals surface area contributed by atoms with Crippen molar-refractivity contribution in [3.63, 3.8) is 0 Å². The Hall–Kier alpha value is -2.18. The average molecular weight is 360 g/mol. The van der Waals surface area contributed by atoms with Crippen LogP contribution in [0.1, 0.15) is 16.7 Å². The van der Waals surface area contributed by atoms with Crippen molar-refractivity contribution in [2.75, 3.05) is 20.6 Å². The number of carbonyl (C=O) groups is 1. The minimum absolute atomic E-state index is 0.196. The maximum atomic E-state index is 12.7. The Morgan fingerprint density at radius 1 is 0.960 bits per heavy atom. The normalized spacial score (nSPS) is 11.6. The van der Waals surface area contributed by atoms with Crippen LogP contribution in [0, 0.1) is 13.8 Å². The number of amides is 1. The summed E-state index contributed by atoms with van der Waals surface area (Å²) in [4.78, 5) is 14.1. The van der Waals surface area contributed by atoms with Crippen LogP contribution in [0.25, 0.3) is 0 Å². The number of nitrogens with zero attached hydrogens (tertiary/aromatic N) is 2. The molecule has 6 heteroatoms. The molecular formula is C19H24N2O3S. The molecule has 2 rings (SSSR count). The first-order chi connectivity index (χ1) is 11.7. The van der Waals surface area contributed by atoms with Crippen LogP contribution in [0.4, 0.5) is 0 Å². The zero-order valence-corrected chi connectivity index (χ0v) is 15.9. The van der Waals surface area contributed by atoms with Crippen LogP contribution < -0.4 is 0 Å². The molecule has 2 aromatic carbocycles. The Morgan fingerprint density at radius 2 is 1.60 bits per heavy atom. The van der Waals surface area contributed by atoms with Gasteiger partial charge >= 0.3 is 0 Å². The predicted octanol–water partition coefficient (Wildman–Crippen LogP) is 2.58. The van der Waals surface area contributed by atoms with E-state index >= 15 is 0 Å². The van der Waals surface area contributed by atoms with Gasteiger partial charge in [0.2, 0.25) is 15.9 Å². The molecule has 0 aliphatic carbocycles. The Bertz CT molecular complexity index is 848. The predicted molar refractivity (Wildman–Crippen MR) is 98.6 cm³/mol. The summed E-state index contributed by atoms with van der Waals surface area (Å²) < 4.78 is 26.4. The molecule has 0 heterocycles. The second-order valence-electron chi connectivity index (χ2n) is 6.24. The van der Waals surface area contributed by atoms with Crippen LogP contribution in [0.2, 0.25) is 0 Å². The van der Waals surface area contributed by atoms with Crippen molar-refractivity contribution in [2.45, 2.75) is 25.3 Å². The third-order valence-electron chi connectivity index (χ3n) is 4.23. The van der Waals surface area contributed by atoms with Gasteiger partial charge in [0, 0.05) is 20.6 Å². The van der Waals surface area contributed by atoms with Gasteiger partial charge in [-0.2, -0.15) is 4.31 Å². The number of hydrogen-bond donors (Lipinski definition) is 0. The first-order valence-corrected chi connectivity index (χ1v) is 9.47. The molecule has 5 nitrogen and oxygen atoms in total. The second-order valence-corrected chi connectivity index (χ2v) is 8.29. The van der Waals surface area contributed by atoms with Crippen molar-refractivity contribution in [3.05, 3.63) is 65.2 Å². The highest BCUT2D eigenvalue weighted by atomic mass is 32.2. The number of rotatable bonds is 6. The molecule has 0 atom stereocenters. The summed E-state index contributed by atoms with van der Waals surface area (Å²) >= 11 is 0. The molecule has 134 valence electrons. The van der Waals surface area contributed by atoms with Crippen molar-refractivity contribution in [2.24, 2.45) is 0 Å². The highest BCUT2D eigenvalue weighted by Gasteiger charge is 2.24. The maximum Gasteiger partial charge on any atom is 0.243 e. The molecule has 0 radical (unpaired) electrons. The van der Waals surface area contributed by atoms with Crippen LogP contribution in [0.3, 0.4) is 0 Å². The van der Waals surface area contributed by atoms with Gasteiger partial charge in [0.1, 0.15) is 0 Å². The fourth-order valence-corrected chi connectivity index (χ4v) is 3.60. The van der Waals surface area contributed by atoms with Gasteiger partial charge in [-0.3, -0.25) is 4.79 Å². The van der Waals surface area contributed by atoms with Crippen LogP contribution in [-0.2, 0) is 21.4 Å². The van der Waals surface area contributed by atoms with Crippen molar-refractivity contribution in [1.29, 1.82) is 0 Å². The lowest BCUT2D eigenvalue weighted by Gasteiger charge is -2.22. The summed E-state index contributed by atoms with van der Waals surface area (Å²) in [5, 5.41) is 0. The van der Waals surface area contributed by atoms with Crippen molar-refractivity contribution in [3.8, 4) is 0 Å². The standard InChI is InChI=1S/C19H24N2O3S/c1-15-10-11-18(12-16(15)2)25(23,24)21(4)14-19(22)20(3)13-17-8-6-5-7-9-17/h5-12H,13-14H2,1-4H3. The topological polar surface area (TPSA) is 57.7 Å². The molecule has 0 fully saturated rings. The van der Waals surface area contributed by atoms with E-state index in [1.165, 1.54) is 11.9 Å². The number of benzene rings is 2. The fourth-order valence-electron chi connectivity index (χ4n) is 2.40. The molecule has 0 N–H and O–H groups in total. The lowest BCUT2D eigenvalue weighted by atomic mass is 10.1. The number of sulfonamides is 1. The first kappa shape index (κ1) is 19.1. The average Bonchev–Trinajstić information content (AvgIpc) is 2.57. The minimum Gasteiger partial charge on any atom is -0.340 e. The molecule has 0 spiro atoms. The lowest BCUT2D eigenvalue weighted by molar-refractivity contribution is -0.130. The quantitative estimate of drug-likeness (QED) is 0.796. The SMILES string of the molecule is Cc1ccc(S(=O)(=O)N(C)CC(=O)N(C)Cc2ccccc2)cc1C. The summed E-state index contributed by atoms with van der Waals surface area (Å²) in [5.74, 6) is -0.251. The molecule has 0 bridgehead atoms. The Balaban J connectivity index is 2.07. The minimum atomic E-state index is -3.69. The van der Waals surface area contributed by atoms with E-state index in [0.717, 1.165) is 21.0 Å².